The number of benzene rings is 4. The Bertz CT molecular complexity index is 901. The number of halogens is 1. The van der Waals surface area contributed by atoms with Crippen molar-refractivity contribution < 1.29 is 4.39 Å². The molecule has 0 N–H and O–H groups in total. The van der Waals surface area contributed by atoms with Crippen LogP contribution < -0.4 is 10.7 Å². The van der Waals surface area contributed by atoms with Gasteiger partial charge in [0.25, 0.3) is 0 Å². The molecule has 4 aromatic carbocycles. The molecule has 0 spiro atoms. The number of rotatable bonds is 5. The maximum absolute atomic E-state index is 14.0. The molecule has 0 unspecified atom stereocenters. The Hall–Kier alpha value is -2.39. The van der Waals surface area contributed by atoms with Gasteiger partial charge in [0.2, 0.25) is 0 Å². The summed E-state index contributed by atoms with van der Waals surface area (Å²) in [5.74, 6) is -0.165. The molecule has 0 atom stereocenters. The average Bonchev–Trinajstić information content (AvgIpc) is 2.74. The zero-order valence-corrected chi connectivity index (χ0v) is 17.9. The van der Waals surface area contributed by atoms with Gasteiger partial charge in [-0.05, 0) is 0 Å². The third kappa shape index (κ3) is 3.70. The summed E-state index contributed by atoms with van der Waals surface area (Å²) >= 11 is -3.36. The molecular formula is C25H21FSn. The first kappa shape index (κ1) is 18.0. The van der Waals surface area contributed by atoms with E-state index >= 15 is 0 Å². The van der Waals surface area contributed by atoms with Crippen molar-refractivity contribution >= 4 is 29.1 Å². The molecule has 4 rings (SSSR count). The Morgan fingerprint density at radius 3 is 1.37 bits per heavy atom. The van der Waals surface area contributed by atoms with Gasteiger partial charge >= 0.3 is 165 Å². The molecule has 0 aliphatic heterocycles. The van der Waals surface area contributed by atoms with E-state index in [4.69, 9.17) is 0 Å². The summed E-state index contributed by atoms with van der Waals surface area (Å²) in [7, 11) is 0. The van der Waals surface area contributed by atoms with Crippen LogP contribution in [0.4, 0.5) is 4.39 Å². The molecule has 0 aromatic heterocycles. The monoisotopic (exact) mass is 460 g/mol. The molecule has 2 heteroatoms. The van der Waals surface area contributed by atoms with Gasteiger partial charge in [0.1, 0.15) is 0 Å². The maximum atomic E-state index is 14.0. The molecule has 0 saturated carbocycles. The van der Waals surface area contributed by atoms with Gasteiger partial charge in [0.05, 0.1) is 0 Å². The zero-order valence-electron chi connectivity index (χ0n) is 15.1. The van der Waals surface area contributed by atoms with Gasteiger partial charge in [0, 0.05) is 0 Å². The Labute approximate surface area is 164 Å². The van der Waals surface area contributed by atoms with Gasteiger partial charge in [-0.15, -0.1) is 0 Å². The summed E-state index contributed by atoms with van der Waals surface area (Å²) in [5, 5.41) is 0. The Balaban J connectivity index is 2.00. The first-order chi connectivity index (χ1) is 13.3. The van der Waals surface area contributed by atoms with Crippen molar-refractivity contribution in [1.29, 1.82) is 0 Å². The van der Waals surface area contributed by atoms with Crippen molar-refractivity contribution in [3.05, 3.63) is 127 Å². The van der Waals surface area contributed by atoms with Crippen molar-refractivity contribution in [3.8, 4) is 0 Å². The van der Waals surface area contributed by atoms with Crippen LogP contribution in [0.2, 0.25) is 0 Å². The predicted octanol–water partition coefficient (Wildman–Crippen LogP) is 4.08. The molecule has 0 amide bonds. The van der Waals surface area contributed by atoms with Gasteiger partial charge in [-0.1, -0.05) is 0 Å². The third-order valence-electron chi connectivity index (χ3n) is 5.16. The van der Waals surface area contributed by atoms with Crippen LogP contribution in [-0.2, 0) is 4.44 Å². The summed E-state index contributed by atoms with van der Waals surface area (Å²) in [6.45, 7) is 0. The van der Waals surface area contributed by atoms with Gasteiger partial charge in [0.15, 0.2) is 0 Å². The van der Waals surface area contributed by atoms with E-state index in [0.29, 0.717) is 0 Å². The second kappa shape index (κ2) is 8.10. The normalized spacial score (nSPS) is 11.3. The Kier molecular flexibility index (Phi) is 5.40. The number of hydrogen-bond donors (Lipinski definition) is 0. The first-order valence-electron chi connectivity index (χ1n) is 9.20. The molecule has 4 aromatic rings. The Morgan fingerprint density at radius 2 is 0.963 bits per heavy atom. The van der Waals surface area contributed by atoms with E-state index in [9.17, 15) is 4.39 Å². The second-order valence-electron chi connectivity index (χ2n) is 6.81. The molecule has 0 bridgehead atoms. The minimum atomic E-state index is -3.36. The van der Waals surface area contributed by atoms with E-state index in [1.54, 1.807) is 6.07 Å². The van der Waals surface area contributed by atoms with Crippen molar-refractivity contribution in [2.75, 3.05) is 0 Å². The van der Waals surface area contributed by atoms with E-state index in [1.165, 1.54) is 16.8 Å². The van der Waals surface area contributed by atoms with Gasteiger partial charge in [-0.25, -0.2) is 0 Å². The quantitative estimate of drug-likeness (QED) is 0.395. The molecule has 0 aliphatic carbocycles. The standard InChI is InChI=1S/C7H6F.3C6H5.Sn/c1-6-3-2-4-7(8)5-6;3*1-2-4-6-5-3-1;/h2-5H,1H2;3*1-5H;. The third-order valence-corrected chi connectivity index (χ3v) is 19.1. The molecule has 0 saturated heterocycles. The van der Waals surface area contributed by atoms with Gasteiger partial charge in [-0.3, -0.25) is 0 Å². The molecule has 0 fully saturated rings. The molecule has 0 aliphatic rings. The topological polar surface area (TPSA) is 0 Å². The van der Waals surface area contributed by atoms with Crippen molar-refractivity contribution in [1.82, 2.24) is 0 Å². The van der Waals surface area contributed by atoms with E-state index in [0.717, 1.165) is 10.0 Å². The SMILES string of the molecule is Fc1cccc([CH2][Sn]([c]2ccccc2)([c]2ccccc2)[c]2ccccc2)c1. The van der Waals surface area contributed by atoms with Crippen LogP contribution in [-0.4, -0.2) is 18.4 Å². The van der Waals surface area contributed by atoms with Crippen molar-refractivity contribution in [3.63, 3.8) is 0 Å². The van der Waals surface area contributed by atoms with Crippen molar-refractivity contribution in [2.45, 2.75) is 4.44 Å². The summed E-state index contributed by atoms with van der Waals surface area (Å²) < 4.78 is 19.1. The van der Waals surface area contributed by atoms with E-state index in [-0.39, 0.29) is 5.82 Å². The van der Waals surface area contributed by atoms with Crippen LogP contribution in [0.1, 0.15) is 5.56 Å². The first-order valence-corrected chi connectivity index (χ1v) is 15.5. The van der Waals surface area contributed by atoms with E-state index in [1.807, 2.05) is 6.07 Å². The average molecular weight is 459 g/mol. The van der Waals surface area contributed by atoms with Crippen LogP contribution in [0, 0.1) is 5.82 Å². The van der Waals surface area contributed by atoms with Crippen LogP contribution >= 0.6 is 0 Å². The fourth-order valence-electron chi connectivity index (χ4n) is 3.93. The van der Waals surface area contributed by atoms with E-state index < -0.39 is 18.4 Å². The molecule has 0 nitrogen and oxygen atoms in total. The van der Waals surface area contributed by atoms with Gasteiger partial charge in [-0.2, -0.15) is 0 Å². The Morgan fingerprint density at radius 1 is 0.519 bits per heavy atom. The summed E-state index contributed by atoms with van der Waals surface area (Å²) in [5.41, 5.74) is 1.07. The summed E-state index contributed by atoms with van der Waals surface area (Å²) in [4.78, 5) is 0. The van der Waals surface area contributed by atoms with Gasteiger partial charge < -0.3 is 0 Å². The van der Waals surface area contributed by atoms with Crippen LogP contribution in [0.25, 0.3) is 0 Å². The van der Waals surface area contributed by atoms with E-state index in [2.05, 4.69) is 97.1 Å². The predicted molar refractivity (Wildman–Crippen MR) is 114 cm³/mol. The fraction of sp³-hybridized carbons (Fsp3) is 0.0400. The van der Waals surface area contributed by atoms with Crippen LogP contribution in [0.5, 0.6) is 0 Å². The van der Waals surface area contributed by atoms with Crippen molar-refractivity contribution in [2.24, 2.45) is 0 Å². The molecule has 0 radical (unpaired) electrons. The summed E-state index contributed by atoms with van der Waals surface area (Å²) in [6.07, 6.45) is 0. The molecular weight excluding hydrogens is 438 g/mol. The number of hydrogen-bond acceptors (Lipinski definition) is 0. The fourth-order valence-corrected chi connectivity index (χ4v) is 17.4. The summed E-state index contributed by atoms with van der Waals surface area (Å²) in [6, 6.07) is 39.6. The molecule has 132 valence electrons. The molecule has 0 heterocycles. The second-order valence-corrected chi connectivity index (χ2v) is 17.9. The van der Waals surface area contributed by atoms with Crippen LogP contribution in [0.15, 0.2) is 115 Å². The molecule has 27 heavy (non-hydrogen) atoms. The van der Waals surface area contributed by atoms with Crippen LogP contribution in [0.3, 0.4) is 0 Å². The zero-order chi connectivity index (χ0) is 18.5. The minimum absolute atomic E-state index is 0.165.